The minimum Gasteiger partial charge on any atom is -0.388 e. The summed E-state index contributed by atoms with van der Waals surface area (Å²) in [5.41, 5.74) is 1.76. The Morgan fingerprint density at radius 3 is 2.44 bits per heavy atom. The van der Waals surface area contributed by atoms with Gasteiger partial charge in [-0.15, -0.1) is 0 Å². The number of aliphatic hydroxyl groups is 1. The first kappa shape index (κ1) is 10.8. The van der Waals surface area contributed by atoms with E-state index >= 15 is 0 Å². The largest absolute Gasteiger partial charge is 0.388 e. The summed E-state index contributed by atoms with van der Waals surface area (Å²) in [5, 5.41) is 10.2. The number of pyridine rings is 2. The summed E-state index contributed by atoms with van der Waals surface area (Å²) in [6, 6.07) is 9.37. The highest BCUT2D eigenvalue weighted by molar-refractivity contribution is 5.19. The fourth-order valence-electron chi connectivity index (χ4n) is 1.66. The summed E-state index contributed by atoms with van der Waals surface area (Å²) in [5.74, 6) is -0.0244. The van der Waals surface area contributed by atoms with Crippen molar-refractivity contribution in [2.45, 2.75) is 18.9 Å². The minimum atomic E-state index is -0.544. The van der Waals surface area contributed by atoms with E-state index in [4.69, 9.17) is 0 Å². The Morgan fingerprint density at radius 1 is 1.06 bits per heavy atom. The maximum absolute atomic E-state index is 10.2. The second-order valence-electron chi connectivity index (χ2n) is 3.77. The SMILES string of the molecule is CC(c1ccccn1)C(O)c1ccncc1. The van der Waals surface area contributed by atoms with Crippen LogP contribution in [0.4, 0.5) is 0 Å². The molecule has 0 aliphatic rings. The summed E-state index contributed by atoms with van der Waals surface area (Å²) in [6.07, 6.45) is 4.57. The molecule has 0 saturated heterocycles. The van der Waals surface area contributed by atoms with E-state index < -0.39 is 6.10 Å². The first-order valence-electron chi connectivity index (χ1n) is 5.28. The molecule has 2 atom stereocenters. The van der Waals surface area contributed by atoms with Crippen LogP contribution in [0, 0.1) is 0 Å². The number of nitrogens with zero attached hydrogens (tertiary/aromatic N) is 2. The highest BCUT2D eigenvalue weighted by Crippen LogP contribution is 2.28. The molecule has 3 heteroatoms. The van der Waals surface area contributed by atoms with E-state index in [0.29, 0.717) is 0 Å². The van der Waals surface area contributed by atoms with Gasteiger partial charge < -0.3 is 5.11 Å². The second-order valence-corrected chi connectivity index (χ2v) is 3.77. The van der Waals surface area contributed by atoms with Gasteiger partial charge in [-0.25, -0.2) is 0 Å². The van der Waals surface area contributed by atoms with Crippen molar-refractivity contribution in [3.8, 4) is 0 Å². The van der Waals surface area contributed by atoms with Crippen LogP contribution in [-0.4, -0.2) is 15.1 Å². The van der Waals surface area contributed by atoms with E-state index in [-0.39, 0.29) is 5.92 Å². The van der Waals surface area contributed by atoms with Crippen LogP contribution in [0.15, 0.2) is 48.9 Å². The van der Waals surface area contributed by atoms with Crippen molar-refractivity contribution in [1.29, 1.82) is 0 Å². The molecular formula is C13H14N2O. The van der Waals surface area contributed by atoms with Crippen molar-refractivity contribution in [3.05, 3.63) is 60.2 Å². The van der Waals surface area contributed by atoms with Crippen molar-refractivity contribution in [2.75, 3.05) is 0 Å². The van der Waals surface area contributed by atoms with Crippen molar-refractivity contribution in [2.24, 2.45) is 0 Å². The molecule has 3 nitrogen and oxygen atoms in total. The van der Waals surface area contributed by atoms with Gasteiger partial charge in [0.25, 0.3) is 0 Å². The van der Waals surface area contributed by atoms with E-state index in [1.165, 1.54) is 0 Å². The maximum atomic E-state index is 10.2. The van der Waals surface area contributed by atoms with E-state index in [9.17, 15) is 5.11 Å². The number of rotatable bonds is 3. The molecule has 0 saturated carbocycles. The van der Waals surface area contributed by atoms with Crippen LogP contribution in [0.25, 0.3) is 0 Å². The third-order valence-electron chi connectivity index (χ3n) is 2.68. The number of hydrogen-bond donors (Lipinski definition) is 1. The molecule has 0 aliphatic heterocycles. The van der Waals surface area contributed by atoms with E-state index in [1.54, 1.807) is 18.6 Å². The lowest BCUT2D eigenvalue weighted by Gasteiger charge is -2.18. The predicted octanol–water partition coefficient (Wildman–Crippen LogP) is 2.31. The standard InChI is InChI=1S/C13H14N2O/c1-10(12-4-2-3-7-15-12)13(16)11-5-8-14-9-6-11/h2-10,13,16H,1H3. The quantitative estimate of drug-likeness (QED) is 0.852. The fraction of sp³-hybridized carbons (Fsp3) is 0.231. The lowest BCUT2D eigenvalue weighted by molar-refractivity contribution is 0.150. The van der Waals surface area contributed by atoms with E-state index in [1.807, 2.05) is 37.3 Å². The molecule has 0 amide bonds. The molecule has 0 spiro atoms. The van der Waals surface area contributed by atoms with Crippen LogP contribution in [0.3, 0.4) is 0 Å². The molecule has 2 aromatic rings. The number of aliphatic hydroxyl groups excluding tert-OH is 1. The topological polar surface area (TPSA) is 46.0 Å². The summed E-state index contributed by atoms with van der Waals surface area (Å²) in [4.78, 5) is 8.18. The van der Waals surface area contributed by atoms with Gasteiger partial charge in [0.05, 0.1) is 6.10 Å². The Bertz CT molecular complexity index is 387. The van der Waals surface area contributed by atoms with Gasteiger partial charge in [-0.3, -0.25) is 9.97 Å². The average Bonchev–Trinajstić information content (AvgIpc) is 2.39. The Morgan fingerprint density at radius 2 is 1.81 bits per heavy atom. The van der Waals surface area contributed by atoms with Gasteiger partial charge in [0, 0.05) is 30.2 Å². The molecule has 0 radical (unpaired) electrons. The normalized spacial score (nSPS) is 14.4. The molecule has 82 valence electrons. The smallest absolute Gasteiger partial charge is 0.0872 e. The molecule has 0 bridgehead atoms. The molecule has 16 heavy (non-hydrogen) atoms. The van der Waals surface area contributed by atoms with Crippen LogP contribution in [0.1, 0.15) is 30.2 Å². The van der Waals surface area contributed by atoms with Crippen LogP contribution in [0.5, 0.6) is 0 Å². The summed E-state index contributed by atoms with van der Waals surface area (Å²) in [7, 11) is 0. The van der Waals surface area contributed by atoms with Gasteiger partial charge in [0.1, 0.15) is 0 Å². The molecule has 0 aliphatic carbocycles. The first-order chi connectivity index (χ1) is 7.79. The van der Waals surface area contributed by atoms with Crippen molar-refractivity contribution < 1.29 is 5.11 Å². The van der Waals surface area contributed by atoms with Crippen molar-refractivity contribution in [3.63, 3.8) is 0 Å². The van der Waals surface area contributed by atoms with Crippen LogP contribution in [-0.2, 0) is 0 Å². The second kappa shape index (κ2) is 4.86. The Labute approximate surface area is 94.8 Å². The molecule has 2 heterocycles. The van der Waals surface area contributed by atoms with Crippen LogP contribution >= 0.6 is 0 Å². The zero-order chi connectivity index (χ0) is 11.4. The van der Waals surface area contributed by atoms with Gasteiger partial charge in [-0.2, -0.15) is 0 Å². The third-order valence-corrected chi connectivity index (χ3v) is 2.68. The molecule has 0 fully saturated rings. The van der Waals surface area contributed by atoms with Gasteiger partial charge in [-0.05, 0) is 29.8 Å². The zero-order valence-electron chi connectivity index (χ0n) is 9.12. The van der Waals surface area contributed by atoms with Gasteiger partial charge >= 0.3 is 0 Å². The van der Waals surface area contributed by atoms with E-state index in [0.717, 1.165) is 11.3 Å². The maximum Gasteiger partial charge on any atom is 0.0872 e. The highest BCUT2D eigenvalue weighted by Gasteiger charge is 2.18. The fourth-order valence-corrected chi connectivity index (χ4v) is 1.66. The van der Waals surface area contributed by atoms with Crippen LogP contribution < -0.4 is 0 Å². The van der Waals surface area contributed by atoms with E-state index in [2.05, 4.69) is 9.97 Å². The first-order valence-corrected chi connectivity index (χ1v) is 5.28. The lowest BCUT2D eigenvalue weighted by Crippen LogP contribution is -2.08. The Hall–Kier alpha value is -1.74. The van der Waals surface area contributed by atoms with Gasteiger partial charge in [0.15, 0.2) is 0 Å². The predicted molar refractivity (Wildman–Crippen MR) is 61.8 cm³/mol. The molecular weight excluding hydrogens is 200 g/mol. The number of aromatic nitrogens is 2. The van der Waals surface area contributed by atoms with Gasteiger partial charge in [-0.1, -0.05) is 13.0 Å². The summed E-state index contributed by atoms with van der Waals surface area (Å²) in [6.45, 7) is 1.97. The molecule has 2 unspecified atom stereocenters. The van der Waals surface area contributed by atoms with Crippen molar-refractivity contribution >= 4 is 0 Å². The molecule has 2 rings (SSSR count). The van der Waals surface area contributed by atoms with Crippen molar-refractivity contribution in [1.82, 2.24) is 9.97 Å². The monoisotopic (exact) mass is 214 g/mol. The third kappa shape index (κ3) is 2.25. The zero-order valence-corrected chi connectivity index (χ0v) is 9.12. The molecule has 2 aromatic heterocycles. The minimum absolute atomic E-state index is 0.0244. The average molecular weight is 214 g/mol. The van der Waals surface area contributed by atoms with Gasteiger partial charge in [0.2, 0.25) is 0 Å². The molecule has 1 N–H and O–H groups in total. The Kier molecular flexibility index (Phi) is 3.27. The molecule has 0 aromatic carbocycles. The number of hydrogen-bond acceptors (Lipinski definition) is 3. The summed E-state index contributed by atoms with van der Waals surface area (Å²) < 4.78 is 0. The summed E-state index contributed by atoms with van der Waals surface area (Å²) >= 11 is 0. The Balaban J connectivity index is 2.20. The lowest BCUT2D eigenvalue weighted by atomic mass is 9.95. The highest BCUT2D eigenvalue weighted by atomic mass is 16.3. The van der Waals surface area contributed by atoms with Crippen LogP contribution in [0.2, 0.25) is 0 Å².